The van der Waals surface area contributed by atoms with Gasteiger partial charge in [0.1, 0.15) is 5.82 Å². The number of aryl methyl sites for hydroxylation is 2. The molecule has 26 heavy (non-hydrogen) atoms. The van der Waals surface area contributed by atoms with E-state index in [1.807, 2.05) is 38.1 Å². The molecular formula is C20H24ClN3OS. The van der Waals surface area contributed by atoms with Gasteiger partial charge < -0.3 is 15.4 Å². The van der Waals surface area contributed by atoms with Gasteiger partial charge in [-0.25, -0.2) is 4.98 Å². The van der Waals surface area contributed by atoms with Gasteiger partial charge in [0.2, 0.25) is 0 Å². The van der Waals surface area contributed by atoms with Crippen LogP contribution in [0.2, 0.25) is 5.02 Å². The van der Waals surface area contributed by atoms with E-state index in [2.05, 4.69) is 27.8 Å². The number of rotatable bonds is 4. The van der Waals surface area contributed by atoms with Crippen LogP contribution >= 0.6 is 23.8 Å². The number of pyridine rings is 1. The molecule has 0 unspecified atom stereocenters. The summed E-state index contributed by atoms with van der Waals surface area (Å²) < 4.78 is 5.59. The number of aromatic nitrogens is 1. The van der Waals surface area contributed by atoms with E-state index >= 15 is 0 Å². The Balaban J connectivity index is 1.69. The van der Waals surface area contributed by atoms with Crippen molar-refractivity contribution in [3.05, 3.63) is 58.2 Å². The fourth-order valence-electron chi connectivity index (χ4n) is 3.45. The van der Waals surface area contributed by atoms with Crippen molar-refractivity contribution in [2.24, 2.45) is 0 Å². The summed E-state index contributed by atoms with van der Waals surface area (Å²) in [4.78, 5) is 4.48. The van der Waals surface area contributed by atoms with Crippen molar-refractivity contribution in [3.63, 3.8) is 0 Å². The Morgan fingerprint density at radius 2 is 1.88 bits per heavy atom. The van der Waals surface area contributed by atoms with E-state index in [-0.39, 0.29) is 5.41 Å². The van der Waals surface area contributed by atoms with Crippen LogP contribution in [0.4, 0.5) is 5.82 Å². The summed E-state index contributed by atoms with van der Waals surface area (Å²) in [5, 5.41) is 7.92. The Morgan fingerprint density at radius 3 is 2.54 bits per heavy atom. The molecule has 3 rings (SSSR count). The lowest BCUT2D eigenvalue weighted by molar-refractivity contribution is 0.0515. The summed E-state index contributed by atoms with van der Waals surface area (Å²) >= 11 is 11.6. The first-order valence-electron chi connectivity index (χ1n) is 8.81. The molecule has 0 bridgehead atoms. The summed E-state index contributed by atoms with van der Waals surface area (Å²) in [7, 11) is 0. The molecule has 1 aliphatic rings. The second kappa shape index (κ2) is 8.33. The molecule has 1 fully saturated rings. The van der Waals surface area contributed by atoms with Crippen LogP contribution in [0.15, 0.2) is 36.4 Å². The number of ether oxygens (including phenoxy) is 1. The minimum atomic E-state index is -0.00940. The normalized spacial score (nSPS) is 16.1. The highest BCUT2D eigenvalue weighted by Crippen LogP contribution is 2.34. The van der Waals surface area contributed by atoms with Gasteiger partial charge in [0.25, 0.3) is 0 Å². The Bertz CT molecular complexity index is 753. The van der Waals surface area contributed by atoms with Gasteiger partial charge in [-0.1, -0.05) is 23.7 Å². The van der Waals surface area contributed by atoms with Crippen LogP contribution in [-0.4, -0.2) is 29.9 Å². The summed E-state index contributed by atoms with van der Waals surface area (Å²) in [5.74, 6) is 0.771. The van der Waals surface area contributed by atoms with Crippen molar-refractivity contribution in [1.29, 1.82) is 0 Å². The Labute approximate surface area is 165 Å². The van der Waals surface area contributed by atoms with Gasteiger partial charge in [-0.05, 0) is 74.3 Å². The van der Waals surface area contributed by atoms with Crippen LogP contribution in [-0.2, 0) is 10.2 Å². The SMILES string of the molecule is Cc1cc(C)nc(NC(=S)NCC2(c3ccc(Cl)cc3)CCOCC2)c1. The second-order valence-electron chi connectivity index (χ2n) is 6.88. The average molecular weight is 390 g/mol. The lowest BCUT2D eigenvalue weighted by Gasteiger charge is -2.38. The molecule has 0 amide bonds. The number of nitrogens with zero attached hydrogens (tertiary/aromatic N) is 1. The molecule has 0 atom stereocenters. The molecule has 2 N–H and O–H groups in total. The maximum Gasteiger partial charge on any atom is 0.171 e. The Hall–Kier alpha value is -1.69. The zero-order valence-corrected chi connectivity index (χ0v) is 16.7. The molecule has 1 aromatic carbocycles. The molecular weight excluding hydrogens is 366 g/mol. The minimum absolute atomic E-state index is 0.00940. The second-order valence-corrected chi connectivity index (χ2v) is 7.72. The maximum atomic E-state index is 6.06. The third-order valence-electron chi connectivity index (χ3n) is 4.83. The molecule has 4 nitrogen and oxygen atoms in total. The molecule has 0 spiro atoms. The van der Waals surface area contributed by atoms with Crippen molar-refractivity contribution < 1.29 is 4.74 Å². The van der Waals surface area contributed by atoms with E-state index < -0.39 is 0 Å². The first-order chi connectivity index (χ1) is 12.5. The predicted octanol–water partition coefficient (Wildman–Crippen LogP) is 4.39. The highest BCUT2D eigenvalue weighted by molar-refractivity contribution is 7.80. The number of nitrogens with one attached hydrogen (secondary N) is 2. The standard InChI is InChI=1S/C20H24ClN3OS/c1-14-11-15(2)23-18(12-14)24-19(26)22-13-20(7-9-25-10-8-20)16-3-5-17(21)6-4-16/h3-6,11-12H,7-10,13H2,1-2H3,(H2,22,23,24,26). The van der Waals surface area contributed by atoms with Gasteiger partial charge in [0.15, 0.2) is 5.11 Å². The third-order valence-corrected chi connectivity index (χ3v) is 5.33. The number of thiocarbonyl (C=S) groups is 1. The first-order valence-corrected chi connectivity index (χ1v) is 9.59. The quantitative estimate of drug-likeness (QED) is 0.759. The van der Waals surface area contributed by atoms with E-state index in [0.29, 0.717) is 5.11 Å². The van der Waals surface area contributed by atoms with E-state index in [9.17, 15) is 0 Å². The highest BCUT2D eigenvalue weighted by Gasteiger charge is 2.34. The molecule has 0 radical (unpaired) electrons. The van der Waals surface area contributed by atoms with Gasteiger partial charge in [-0.15, -0.1) is 0 Å². The number of halogens is 1. The molecule has 0 saturated carbocycles. The average Bonchev–Trinajstić information content (AvgIpc) is 2.60. The topological polar surface area (TPSA) is 46.2 Å². The first kappa shape index (κ1) is 19.1. The van der Waals surface area contributed by atoms with E-state index in [4.69, 9.17) is 28.6 Å². The molecule has 1 aromatic heterocycles. The third kappa shape index (κ3) is 4.72. The number of benzene rings is 1. The van der Waals surface area contributed by atoms with E-state index in [1.165, 1.54) is 5.56 Å². The van der Waals surface area contributed by atoms with Crippen molar-refractivity contribution in [1.82, 2.24) is 10.3 Å². The lowest BCUT2D eigenvalue weighted by Crippen LogP contribution is -2.45. The fraction of sp³-hybridized carbons (Fsp3) is 0.400. The van der Waals surface area contributed by atoms with Crippen LogP contribution in [0.5, 0.6) is 0 Å². The number of hydrogen-bond acceptors (Lipinski definition) is 3. The minimum Gasteiger partial charge on any atom is -0.381 e. The van der Waals surface area contributed by atoms with Gasteiger partial charge >= 0.3 is 0 Å². The Kier molecular flexibility index (Phi) is 6.12. The molecule has 2 aromatic rings. The molecule has 1 aliphatic heterocycles. The number of hydrogen-bond donors (Lipinski definition) is 2. The van der Waals surface area contributed by atoms with Crippen LogP contribution in [0.1, 0.15) is 29.7 Å². The van der Waals surface area contributed by atoms with Crippen molar-refractivity contribution >= 4 is 34.7 Å². The van der Waals surface area contributed by atoms with Gasteiger partial charge in [0, 0.05) is 35.9 Å². The maximum absolute atomic E-state index is 6.06. The van der Waals surface area contributed by atoms with E-state index in [0.717, 1.165) is 54.7 Å². The molecule has 6 heteroatoms. The largest absolute Gasteiger partial charge is 0.381 e. The fourth-order valence-corrected chi connectivity index (χ4v) is 3.75. The number of anilines is 1. The summed E-state index contributed by atoms with van der Waals surface area (Å²) in [6, 6.07) is 12.1. The zero-order chi connectivity index (χ0) is 18.6. The van der Waals surface area contributed by atoms with Gasteiger partial charge in [0.05, 0.1) is 0 Å². The highest BCUT2D eigenvalue weighted by atomic mass is 35.5. The Morgan fingerprint density at radius 1 is 1.19 bits per heavy atom. The monoisotopic (exact) mass is 389 g/mol. The van der Waals surface area contributed by atoms with Gasteiger partial charge in [-0.2, -0.15) is 0 Å². The van der Waals surface area contributed by atoms with Crippen molar-refractivity contribution in [2.45, 2.75) is 32.1 Å². The zero-order valence-electron chi connectivity index (χ0n) is 15.1. The predicted molar refractivity (Wildman–Crippen MR) is 111 cm³/mol. The summed E-state index contributed by atoms with van der Waals surface area (Å²) in [6.45, 7) is 6.28. The van der Waals surface area contributed by atoms with E-state index in [1.54, 1.807) is 0 Å². The van der Waals surface area contributed by atoms with Crippen LogP contribution in [0.25, 0.3) is 0 Å². The van der Waals surface area contributed by atoms with Crippen molar-refractivity contribution in [3.8, 4) is 0 Å². The van der Waals surface area contributed by atoms with Crippen LogP contribution in [0.3, 0.4) is 0 Å². The molecule has 1 saturated heterocycles. The van der Waals surface area contributed by atoms with Crippen LogP contribution in [0, 0.1) is 13.8 Å². The van der Waals surface area contributed by atoms with Gasteiger partial charge in [-0.3, -0.25) is 0 Å². The van der Waals surface area contributed by atoms with Crippen molar-refractivity contribution in [2.75, 3.05) is 25.1 Å². The smallest absolute Gasteiger partial charge is 0.171 e. The summed E-state index contributed by atoms with van der Waals surface area (Å²) in [6.07, 6.45) is 1.90. The molecule has 138 valence electrons. The lowest BCUT2D eigenvalue weighted by atomic mass is 9.74. The molecule has 2 heterocycles. The summed E-state index contributed by atoms with van der Waals surface area (Å²) in [5.41, 5.74) is 3.39. The molecule has 0 aliphatic carbocycles. The van der Waals surface area contributed by atoms with Crippen LogP contribution < -0.4 is 10.6 Å².